The average Bonchev–Trinajstić information content (AvgIpc) is 3.28. The number of ether oxygens (including phenoxy) is 4. The van der Waals surface area contributed by atoms with E-state index in [-0.39, 0.29) is 17.7 Å². The predicted molar refractivity (Wildman–Crippen MR) is 111 cm³/mol. The number of nitrogens with zero attached hydrogens (tertiary/aromatic N) is 3. The van der Waals surface area contributed by atoms with Crippen LogP contribution in [0.2, 0.25) is 0 Å². The van der Waals surface area contributed by atoms with Crippen LogP contribution in [0.3, 0.4) is 0 Å². The SMILES string of the molecule is C=CC[C@H]1O[C@H](CC(=O)OC)[C@H](OC(C)=O)[C@H](n2cc(-c3cc(F)c(F)c(F)c3)nn2)[C@H]1OC. The molecule has 1 aromatic carbocycles. The second-order valence-corrected chi connectivity index (χ2v) is 7.62. The van der Waals surface area contributed by atoms with E-state index in [9.17, 15) is 22.8 Å². The van der Waals surface area contributed by atoms with Crippen molar-refractivity contribution in [3.05, 3.63) is 48.4 Å². The Labute approximate surface area is 193 Å². The van der Waals surface area contributed by atoms with Gasteiger partial charge in [-0.05, 0) is 18.6 Å². The lowest BCUT2D eigenvalue weighted by Crippen LogP contribution is -2.57. The first-order valence-electron chi connectivity index (χ1n) is 10.3. The van der Waals surface area contributed by atoms with Crippen LogP contribution >= 0.6 is 0 Å². The molecule has 2 heterocycles. The van der Waals surface area contributed by atoms with E-state index in [1.54, 1.807) is 6.08 Å². The van der Waals surface area contributed by atoms with E-state index in [0.717, 1.165) is 12.1 Å². The van der Waals surface area contributed by atoms with Gasteiger partial charge in [-0.15, -0.1) is 11.7 Å². The second kappa shape index (κ2) is 10.8. The van der Waals surface area contributed by atoms with Gasteiger partial charge >= 0.3 is 11.9 Å². The van der Waals surface area contributed by atoms with Crippen molar-refractivity contribution in [3.8, 4) is 11.3 Å². The standard InChI is InChI=1S/C22H24F3N3O6/c1-5-6-16-21(32-4)20(22(33-11(2)29)17(34-16)9-18(30)31-3)28-10-15(26-27-28)12-7-13(23)19(25)14(24)8-12/h5,7-8,10,16-17,20-22H,1,6,9H2,2-4H3/t16-,17-,20-,21+,22+/m1/s1. The summed E-state index contributed by atoms with van der Waals surface area (Å²) in [7, 11) is 2.64. The highest BCUT2D eigenvalue weighted by molar-refractivity contribution is 5.70. The molecule has 34 heavy (non-hydrogen) atoms. The minimum atomic E-state index is -1.60. The number of hydrogen-bond acceptors (Lipinski definition) is 8. The summed E-state index contributed by atoms with van der Waals surface area (Å²) in [6.45, 7) is 4.90. The number of esters is 2. The molecule has 3 rings (SSSR count). The molecule has 1 aromatic heterocycles. The maximum atomic E-state index is 13.7. The van der Waals surface area contributed by atoms with Crippen LogP contribution in [0.4, 0.5) is 13.2 Å². The van der Waals surface area contributed by atoms with E-state index in [0.29, 0.717) is 6.42 Å². The van der Waals surface area contributed by atoms with Crippen molar-refractivity contribution in [1.82, 2.24) is 15.0 Å². The van der Waals surface area contributed by atoms with Crippen molar-refractivity contribution >= 4 is 11.9 Å². The van der Waals surface area contributed by atoms with Gasteiger partial charge in [0.25, 0.3) is 0 Å². The van der Waals surface area contributed by atoms with E-state index in [2.05, 4.69) is 16.9 Å². The van der Waals surface area contributed by atoms with Crippen LogP contribution in [0.1, 0.15) is 25.8 Å². The molecule has 9 nitrogen and oxygen atoms in total. The zero-order chi connectivity index (χ0) is 25.0. The fourth-order valence-corrected chi connectivity index (χ4v) is 3.96. The molecule has 1 fully saturated rings. The van der Waals surface area contributed by atoms with Crippen LogP contribution in [0.25, 0.3) is 11.3 Å². The average molecular weight is 483 g/mol. The number of carbonyl (C=O) groups excluding carboxylic acids is 2. The summed E-state index contributed by atoms with van der Waals surface area (Å²) in [4.78, 5) is 23.9. The molecule has 5 atom stereocenters. The van der Waals surface area contributed by atoms with E-state index >= 15 is 0 Å². The maximum Gasteiger partial charge on any atom is 0.308 e. The van der Waals surface area contributed by atoms with Crippen LogP contribution in [-0.2, 0) is 28.5 Å². The smallest absolute Gasteiger partial charge is 0.308 e. The molecular formula is C22H24F3N3O6. The monoisotopic (exact) mass is 483 g/mol. The number of methoxy groups -OCH3 is 2. The first-order valence-corrected chi connectivity index (χ1v) is 10.3. The van der Waals surface area contributed by atoms with Gasteiger partial charge in [-0.3, -0.25) is 9.59 Å². The summed E-state index contributed by atoms with van der Waals surface area (Å²) in [6.07, 6.45) is -0.281. The lowest BCUT2D eigenvalue weighted by molar-refractivity contribution is -0.219. The van der Waals surface area contributed by atoms with E-state index < -0.39 is 59.8 Å². The van der Waals surface area contributed by atoms with Crippen LogP contribution in [0.5, 0.6) is 0 Å². The van der Waals surface area contributed by atoms with Crippen molar-refractivity contribution in [2.45, 2.75) is 50.2 Å². The quantitative estimate of drug-likeness (QED) is 0.321. The van der Waals surface area contributed by atoms with Gasteiger partial charge in [0.05, 0.1) is 25.8 Å². The van der Waals surface area contributed by atoms with E-state index in [1.165, 1.54) is 32.0 Å². The lowest BCUT2D eigenvalue weighted by Gasteiger charge is -2.45. The van der Waals surface area contributed by atoms with Crippen LogP contribution in [0.15, 0.2) is 31.0 Å². The molecule has 184 valence electrons. The Kier molecular flexibility index (Phi) is 8.05. The number of aromatic nitrogens is 3. The molecule has 0 N–H and O–H groups in total. The molecule has 12 heteroatoms. The Hall–Kier alpha value is -3.25. The second-order valence-electron chi connectivity index (χ2n) is 7.62. The summed E-state index contributed by atoms with van der Waals surface area (Å²) >= 11 is 0. The Morgan fingerprint density at radius 2 is 1.85 bits per heavy atom. The van der Waals surface area contributed by atoms with Crippen molar-refractivity contribution in [2.24, 2.45) is 0 Å². The highest BCUT2D eigenvalue weighted by Gasteiger charge is 2.50. The Morgan fingerprint density at radius 1 is 1.18 bits per heavy atom. The third kappa shape index (κ3) is 5.28. The fourth-order valence-electron chi connectivity index (χ4n) is 3.96. The van der Waals surface area contributed by atoms with Gasteiger partial charge in [0.2, 0.25) is 0 Å². The van der Waals surface area contributed by atoms with Crippen LogP contribution in [0, 0.1) is 17.5 Å². The summed E-state index contributed by atoms with van der Waals surface area (Å²) in [6, 6.07) is 0.724. The molecule has 2 aromatic rings. The molecule has 1 aliphatic rings. The van der Waals surface area contributed by atoms with Crippen molar-refractivity contribution in [1.29, 1.82) is 0 Å². The number of carbonyl (C=O) groups is 2. The zero-order valence-corrected chi connectivity index (χ0v) is 18.7. The van der Waals surface area contributed by atoms with Crippen molar-refractivity contribution in [3.63, 3.8) is 0 Å². The van der Waals surface area contributed by atoms with Gasteiger partial charge in [0.1, 0.15) is 23.9 Å². The van der Waals surface area contributed by atoms with Gasteiger partial charge < -0.3 is 18.9 Å². The van der Waals surface area contributed by atoms with Gasteiger partial charge in [0, 0.05) is 19.6 Å². The summed E-state index contributed by atoms with van der Waals surface area (Å²) in [5.74, 6) is -5.60. The third-order valence-corrected chi connectivity index (χ3v) is 5.42. The van der Waals surface area contributed by atoms with Gasteiger partial charge in [0.15, 0.2) is 23.6 Å². The highest BCUT2D eigenvalue weighted by atomic mass is 19.2. The summed E-state index contributed by atoms with van der Waals surface area (Å²) in [5.41, 5.74) is -0.0213. The van der Waals surface area contributed by atoms with Gasteiger partial charge in [-0.25, -0.2) is 17.9 Å². The molecular weight excluding hydrogens is 459 g/mol. The normalized spacial score (nSPS) is 24.5. The Morgan fingerprint density at radius 3 is 2.41 bits per heavy atom. The van der Waals surface area contributed by atoms with Crippen LogP contribution < -0.4 is 0 Å². The molecule has 0 saturated carbocycles. The Bertz CT molecular complexity index is 1040. The minimum Gasteiger partial charge on any atom is -0.469 e. The molecule has 0 spiro atoms. The largest absolute Gasteiger partial charge is 0.469 e. The molecule has 1 saturated heterocycles. The number of benzene rings is 1. The summed E-state index contributed by atoms with van der Waals surface area (Å²) in [5, 5.41) is 7.98. The highest BCUT2D eigenvalue weighted by Crippen LogP contribution is 2.37. The molecule has 0 radical (unpaired) electrons. The minimum absolute atomic E-state index is 0.0329. The molecule has 0 aliphatic carbocycles. The molecule has 1 aliphatic heterocycles. The van der Waals surface area contributed by atoms with Crippen molar-refractivity contribution < 1.29 is 41.7 Å². The molecule has 0 amide bonds. The van der Waals surface area contributed by atoms with E-state index in [4.69, 9.17) is 18.9 Å². The lowest BCUT2D eigenvalue weighted by atomic mass is 9.89. The Balaban J connectivity index is 2.07. The maximum absolute atomic E-state index is 13.7. The number of halogens is 3. The van der Waals surface area contributed by atoms with Gasteiger partial charge in [-0.2, -0.15) is 0 Å². The zero-order valence-electron chi connectivity index (χ0n) is 18.7. The topological polar surface area (TPSA) is 102 Å². The summed E-state index contributed by atoms with van der Waals surface area (Å²) < 4.78 is 64.1. The number of hydrogen-bond donors (Lipinski definition) is 0. The van der Waals surface area contributed by atoms with Gasteiger partial charge in [-0.1, -0.05) is 11.3 Å². The van der Waals surface area contributed by atoms with Crippen molar-refractivity contribution in [2.75, 3.05) is 14.2 Å². The molecule has 0 bridgehead atoms. The third-order valence-electron chi connectivity index (χ3n) is 5.42. The fraction of sp³-hybridized carbons (Fsp3) is 0.455. The molecule has 0 unspecified atom stereocenters. The van der Waals surface area contributed by atoms with E-state index in [1.807, 2.05) is 0 Å². The number of rotatable bonds is 8. The first kappa shape index (κ1) is 25.4. The first-order chi connectivity index (χ1) is 16.2. The van der Waals surface area contributed by atoms with Crippen LogP contribution in [-0.4, -0.2) is 65.6 Å². The predicted octanol–water partition coefficient (Wildman–Crippen LogP) is 2.76.